The van der Waals surface area contributed by atoms with Gasteiger partial charge in [0, 0.05) is 33.7 Å². The van der Waals surface area contributed by atoms with Crippen LogP contribution in [0.5, 0.6) is 5.75 Å². The number of furan rings is 1. The van der Waals surface area contributed by atoms with Crippen LogP contribution in [0.25, 0.3) is 83.7 Å². The molecule has 0 saturated carbocycles. The third-order valence-corrected chi connectivity index (χ3v) is 9.39. The summed E-state index contributed by atoms with van der Waals surface area (Å²) in [6, 6.07) is 47.1. The van der Waals surface area contributed by atoms with E-state index in [-0.39, 0.29) is 5.75 Å². The standard InChI is InChI=1S/C44H31N3O2/c1-27-12-10-13-28(2)40(27)32-25-35(45-36(26-32)41-37(48)22-21-34-33-18-6-7-19-38(33)49-44(34)41)30-16-11-17-31(24-30)42-43(29-14-4-3-5-15-29)47-23-9-8-20-39(47)46-42/h3-26,48H,1-2H3. The summed E-state index contributed by atoms with van der Waals surface area (Å²) in [5.41, 5.74) is 13.7. The van der Waals surface area contributed by atoms with Crippen LogP contribution in [0.4, 0.5) is 0 Å². The molecule has 4 heterocycles. The van der Waals surface area contributed by atoms with Crippen molar-refractivity contribution in [1.29, 1.82) is 0 Å². The van der Waals surface area contributed by atoms with Gasteiger partial charge >= 0.3 is 0 Å². The summed E-state index contributed by atoms with van der Waals surface area (Å²) in [5.74, 6) is 0.120. The lowest BCUT2D eigenvalue weighted by molar-refractivity contribution is 0.477. The first-order chi connectivity index (χ1) is 24.0. The lowest BCUT2D eigenvalue weighted by Crippen LogP contribution is -1.95. The van der Waals surface area contributed by atoms with Crippen molar-refractivity contribution in [2.24, 2.45) is 0 Å². The molecule has 0 atom stereocenters. The highest BCUT2D eigenvalue weighted by Gasteiger charge is 2.21. The number of pyridine rings is 2. The summed E-state index contributed by atoms with van der Waals surface area (Å²) < 4.78 is 8.55. The van der Waals surface area contributed by atoms with Crippen LogP contribution in [0.1, 0.15) is 11.1 Å². The highest BCUT2D eigenvalue weighted by atomic mass is 16.3. The minimum Gasteiger partial charge on any atom is -0.507 e. The van der Waals surface area contributed by atoms with Gasteiger partial charge in [0.1, 0.15) is 22.6 Å². The second-order valence-corrected chi connectivity index (χ2v) is 12.5. The molecular formula is C44H31N3O2. The molecule has 5 heteroatoms. The van der Waals surface area contributed by atoms with E-state index in [0.29, 0.717) is 16.8 Å². The molecule has 4 aromatic heterocycles. The Bertz CT molecular complexity index is 2680. The third-order valence-electron chi connectivity index (χ3n) is 9.39. The topological polar surface area (TPSA) is 63.6 Å². The number of para-hydroxylation sites is 1. The van der Waals surface area contributed by atoms with E-state index in [1.165, 1.54) is 11.1 Å². The maximum absolute atomic E-state index is 11.4. The van der Waals surface area contributed by atoms with E-state index in [0.717, 1.165) is 66.9 Å². The number of fused-ring (bicyclic) bond motifs is 4. The molecule has 0 amide bonds. The van der Waals surface area contributed by atoms with Crippen LogP contribution < -0.4 is 0 Å². The molecule has 0 saturated heterocycles. The maximum atomic E-state index is 11.4. The van der Waals surface area contributed by atoms with Gasteiger partial charge in [0.25, 0.3) is 0 Å². The van der Waals surface area contributed by atoms with Crippen LogP contribution >= 0.6 is 0 Å². The van der Waals surface area contributed by atoms with Crippen LogP contribution in [0.2, 0.25) is 0 Å². The summed E-state index contributed by atoms with van der Waals surface area (Å²) >= 11 is 0. The van der Waals surface area contributed by atoms with Crippen molar-refractivity contribution in [2.45, 2.75) is 13.8 Å². The molecule has 0 aliphatic heterocycles. The van der Waals surface area contributed by atoms with Gasteiger partial charge in [0.2, 0.25) is 0 Å². The Morgan fingerprint density at radius 2 is 1.27 bits per heavy atom. The molecule has 5 aromatic carbocycles. The number of aromatic hydroxyl groups is 1. The highest BCUT2D eigenvalue weighted by molar-refractivity contribution is 6.10. The molecule has 5 nitrogen and oxygen atoms in total. The normalized spacial score (nSPS) is 11.6. The molecule has 0 aliphatic carbocycles. The van der Waals surface area contributed by atoms with Crippen LogP contribution in [0, 0.1) is 13.8 Å². The fourth-order valence-corrected chi connectivity index (χ4v) is 7.14. The summed E-state index contributed by atoms with van der Waals surface area (Å²) in [4.78, 5) is 10.4. The Kier molecular flexibility index (Phi) is 6.66. The molecule has 9 aromatic rings. The predicted molar refractivity (Wildman–Crippen MR) is 199 cm³/mol. The largest absolute Gasteiger partial charge is 0.507 e. The lowest BCUT2D eigenvalue weighted by Gasteiger charge is -2.15. The van der Waals surface area contributed by atoms with E-state index in [1.54, 1.807) is 6.07 Å². The Morgan fingerprint density at radius 3 is 2.12 bits per heavy atom. The van der Waals surface area contributed by atoms with E-state index in [4.69, 9.17) is 14.4 Å². The first kappa shape index (κ1) is 28.7. The number of rotatable bonds is 5. The molecule has 234 valence electrons. The molecule has 0 radical (unpaired) electrons. The lowest BCUT2D eigenvalue weighted by atomic mass is 9.93. The number of benzene rings is 5. The van der Waals surface area contributed by atoms with Crippen molar-refractivity contribution >= 4 is 27.6 Å². The zero-order valence-corrected chi connectivity index (χ0v) is 27.1. The average molecular weight is 634 g/mol. The second-order valence-electron chi connectivity index (χ2n) is 12.5. The molecule has 0 spiro atoms. The molecule has 0 unspecified atom stereocenters. The van der Waals surface area contributed by atoms with E-state index in [9.17, 15) is 5.11 Å². The molecule has 1 N–H and O–H groups in total. The van der Waals surface area contributed by atoms with E-state index in [1.807, 2.05) is 54.6 Å². The SMILES string of the molecule is Cc1cccc(C)c1-c1cc(-c2cccc(-c3nc4ccccn4c3-c3ccccc3)c2)nc(-c2c(O)ccc3c2oc2ccccc23)c1. The van der Waals surface area contributed by atoms with Crippen molar-refractivity contribution in [2.75, 3.05) is 0 Å². The minimum absolute atomic E-state index is 0.120. The van der Waals surface area contributed by atoms with Crippen LogP contribution in [0.3, 0.4) is 0 Å². The molecule has 49 heavy (non-hydrogen) atoms. The molecular weight excluding hydrogens is 603 g/mol. The molecule has 9 rings (SSSR count). The zero-order valence-electron chi connectivity index (χ0n) is 27.1. The number of aromatic nitrogens is 3. The van der Waals surface area contributed by atoms with Gasteiger partial charge in [-0.3, -0.25) is 4.40 Å². The maximum Gasteiger partial charge on any atom is 0.148 e. The Labute approximate surface area is 283 Å². The number of aryl methyl sites for hydroxylation is 2. The van der Waals surface area contributed by atoms with Crippen molar-refractivity contribution in [3.8, 4) is 61.9 Å². The second kappa shape index (κ2) is 11.4. The molecule has 0 bridgehead atoms. The Hall–Kier alpha value is -6.46. The van der Waals surface area contributed by atoms with Gasteiger partial charge in [-0.15, -0.1) is 0 Å². The first-order valence-corrected chi connectivity index (χ1v) is 16.4. The van der Waals surface area contributed by atoms with Crippen LogP contribution in [0.15, 0.2) is 150 Å². The van der Waals surface area contributed by atoms with Gasteiger partial charge in [-0.05, 0) is 84.6 Å². The van der Waals surface area contributed by atoms with E-state index in [2.05, 4.69) is 103 Å². The Morgan fingerprint density at radius 1 is 0.551 bits per heavy atom. The van der Waals surface area contributed by atoms with Gasteiger partial charge in [0.15, 0.2) is 0 Å². The number of nitrogens with zero attached hydrogens (tertiary/aromatic N) is 3. The summed E-state index contributed by atoms with van der Waals surface area (Å²) in [7, 11) is 0. The van der Waals surface area contributed by atoms with Gasteiger partial charge < -0.3 is 9.52 Å². The van der Waals surface area contributed by atoms with Gasteiger partial charge in [-0.2, -0.15) is 0 Å². The Balaban J connectivity index is 1.29. The zero-order chi connectivity index (χ0) is 33.1. The van der Waals surface area contributed by atoms with Crippen molar-refractivity contribution in [3.05, 3.63) is 157 Å². The van der Waals surface area contributed by atoms with Crippen LogP contribution in [-0.2, 0) is 0 Å². The molecule has 0 aliphatic rings. The van der Waals surface area contributed by atoms with E-state index < -0.39 is 0 Å². The number of phenolic OH excluding ortho intramolecular Hbond substituents is 1. The van der Waals surface area contributed by atoms with E-state index >= 15 is 0 Å². The fraction of sp³-hybridized carbons (Fsp3) is 0.0455. The van der Waals surface area contributed by atoms with Gasteiger partial charge in [-0.1, -0.05) is 91.0 Å². The van der Waals surface area contributed by atoms with Crippen LogP contribution in [-0.4, -0.2) is 19.5 Å². The summed E-state index contributed by atoms with van der Waals surface area (Å²) in [5, 5.41) is 13.3. The summed E-state index contributed by atoms with van der Waals surface area (Å²) in [6.45, 7) is 4.27. The number of hydrogen-bond donors (Lipinski definition) is 1. The number of hydrogen-bond acceptors (Lipinski definition) is 4. The number of imidazole rings is 1. The highest BCUT2D eigenvalue weighted by Crippen LogP contribution is 2.43. The quantitative estimate of drug-likeness (QED) is 0.205. The van der Waals surface area contributed by atoms with Crippen molar-refractivity contribution in [1.82, 2.24) is 14.4 Å². The van der Waals surface area contributed by atoms with Gasteiger partial charge in [-0.25, -0.2) is 9.97 Å². The molecule has 0 fully saturated rings. The third kappa shape index (κ3) is 4.78. The summed E-state index contributed by atoms with van der Waals surface area (Å²) in [6.07, 6.45) is 2.06. The predicted octanol–water partition coefficient (Wildman–Crippen LogP) is 11.3. The van der Waals surface area contributed by atoms with Crippen molar-refractivity contribution < 1.29 is 9.52 Å². The van der Waals surface area contributed by atoms with Crippen molar-refractivity contribution in [3.63, 3.8) is 0 Å². The average Bonchev–Trinajstić information content (AvgIpc) is 3.71. The smallest absolute Gasteiger partial charge is 0.148 e. The fourth-order valence-electron chi connectivity index (χ4n) is 7.14. The van der Waals surface area contributed by atoms with Gasteiger partial charge in [0.05, 0.1) is 28.3 Å². The minimum atomic E-state index is 0.120. The first-order valence-electron chi connectivity index (χ1n) is 16.4. The number of phenols is 1. The monoisotopic (exact) mass is 633 g/mol.